The molecule has 136 valence electrons. The molecule has 1 aromatic carbocycles. The van der Waals surface area contributed by atoms with Crippen molar-refractivity contribution < 1.29 is 9.53 Å². The fourth-order valence-corrected chi connectivity index (χ4v) is 3.15. The highest BCUT2D eigenvalue weighted by molar-refractivity contribution is 5.94. The molecule has 1 saturated carbocycles. The Bertz CT molecular complexity index is 684. The lowest BCUT2D eigenvalue weighted by Crippen LogP contribution is -2.39. The summed E-state index contributed by atoms with van der Waals surface area (Å²) in [6.07, 6.45) is 4.79. The Labute approximate surface area is 154 Å². The highest BCUT2D eigenvalue weighted by Crippen LogP contribution is 2.35. The number of ether oxygens (including phenoxy) is 1. The lowest BCUT2D eigenvalue weighted by molar-refractivity contribution is -0.118. The number of methoxy groups -OCH3 is 1. The molecule has 1 amide bonds. The fraction of sp³-hybridized carbons (Fsp3) is 0.444. The Morgan fingerprint density at radius 2 is 2.04 bits per heavy atom. The van der Waals surface area contributed by atoms with Gasteiger partial charge in [0.1, 0.15) is 11.9 Å². The first-order valence-corrected chi connectivity index (χ1v) is 8.40. The molecule has 6 nitrogen and oxygen atoms in total. The van der Waals surface area contributed by atoms with E-state index in [9.17, 15) is 4.79 Å². The van der Waals surface area contributed by atoms with E-state index in [1.165, 1.54) is 20.0 Å². The molecule has 0 saturated heterocycles. The first kappa shape index (κ1) is 19.4. The number of hydrogen-bond donors (Lipinski definition) is 2. The van der Waals surface area contributed by atoms with Crippen molar-refractivity contribution in [3.8, 4) is 5.69 Å². The summed E-state index contributed by atoms with van der Waals surface area (Å²) < 4.78 is 6.74. The fourth-order valence-electron chi connectivity index (χ4n) is 3.15. The van der Waals surface area contributed by atoms with E-state index in [-0.39, 0.29) is 24.9 Å². The predicted molar refractivity (Wildman–Crippen MR) is 101 cm³/mol. The highest BCUT2D eigenvalue weighted by Gasteiger charge is 2.23. The Hall–Kier alpha value is -1.89. The van der Waals surface area contributed by atoms with Gasteiger partial charge in [0.15, 0.2) is 0 Å². The van der Waals surface area contributed by atoms with E-state index in [1.807, 2.05) is 36.4 Å². The van der Waals surface area contributed by atoms with E-state index in [0.717, 1.165) is 24.2 Å². The minimum absolute atomic E-state index is 0. The van der Waals surface area contributed by atoms with Crippen LogP contribution in [-0.4, -0.2) is 35.4 Å². The van der Waals surface area contributed by atoms with Crippen LogP contribution in [0.4, 0.5) is 5.82 Å². The van der Waals surface area contributed by atoms with Crippen molar-refractivity contribution in [2.24, 2.45) is 5.73 Å². The summed E-state index contributed by atoms with van der Waals surface area (Å²) in [5.41, 5.74) is 7.78. The summed E-state index contributed by atoms with van der Waals surface area (Å²) in [7, 11) is 1.53. The van der Waals surface area contributed by atoms with Crippen LogP contribution >= 0.6 is 12.4 Å². The Kier molecular flexibility index (Phi) is 6.99. The first-order chi connectivity index (χ1) is 11.7. The van der Waals surface area contributed by atoms with E-state index >= 15 is 0 Å². The zero-order valence-electron chi connectivity index (χ0n) is 14.4. The van der Waals surface area contributed by atoms with Gasteiger partial charge in [0.2, 0.25) is 5.91 Å². The minimum Gasteiger partial charge on any atom is -0.383 e. The van der Waals surface area contributed by atoms with Crippen LogP contribution in [0.25, 0.3) is 5.69 Å². The van der Waals surface area contributed by atoms with Crippen LogP contribution in [0.3, 0.4) is 0 Å². The van der Waals surface area contributed by atoms with Crippen molar-refractivity contribution in [1.82, 2.24) is 9.78 Å². The third-order valence-electron chi connectivity index (χ3n) is 4.44. The van der Waals surface area contributed by atoms with Crippen molar-refractivity contribution in [2.45, 2.75) is 37.6 Å². The van der Waals surface area contributed by atoms with Gasteiger partial charge in [-0.1, -0.05) is 31.0 Å². The zero-order chi connectivity index (χ0) is 16.9. The second kappa shape index (κ2) is 8.99. The molecule has 25 heavy (non-hydrogen) atoms. The number of nitrogens with two attached hydrogens (primary N) is 1. The van der Waals surface area contributed by atoms with Crippen LogP contribution in [0.2, 0.25) is 0 Å². The molecule has 0 spiro atoms. The summed E-state index contributed by atoms with van der Waals surface area (Å²) in [6, 6.07) is 11.1. The molecule has 3 rings (SSSR count). The average Bonchev–Trinajstić information content (AvgIpc) is 3.25. The molecular formula is C18H25ClN4O2. The Morgan fingerprint density at radius 1 is 1.36 bits per heavy atom. The molecule has 2 aromatic rings. The van der Waals surface area contributed by atoms with Gasteiger partial charge in [0.05, 0.1) is 18.0 Å². The van der Waals surface area contributed by atoms with Gasteiger partial charge in [-0.15, -0.1) is 12.4 Å². The van der Waals surface area contributed by atoms with E-state index in [1.54, 1.807) is 4.68 Å². The summed E-state index contributed by atoms with van der Waals surface area (Å²) in [5, 5.41) is 7.64. The number of aromatic nitrogens is 2. The van der Waals surface area contributed by atoms with Gasteiger partial charge in [0, 0.05) is 19.1 Å². The van der Waals surface area contributed by atoms with E-state index in [4.69, 9.17) is 15.6 Å². The van der Waals surface area contributed by atoms with Crippen molar-refractivity contribution in [1.29, 1.82) is 0 Å². The molecule has 1 unspecified atom stereocenters. The first-order valence-electron chi connectivity index (χ1n) is 8.40. The van der Waals surface area contributed by atoms with Gasteiger partial charge in [-0.2, -0.15) is 5.10 Å². The molecule has 1 aliphatic rings. The van der Waals surface area contributed by atoms with Crippen LogP contribution < -0.4 is 11.1 Å². The van der Waals surface area contributed by atoms with Gasteiger partial charge in [-0.3, -0.25) is 4.79 Å². The molecular weight excluding hydrogens is 340 g/mol. The van der Waals surface area contributed by atoms with Crippen LogP contribution in [0.1, 0.15) is 37.3 Å². The highest BCUT2D eigenvalue weighted by atomic mass is 35.5. The number of benzene rings is 1. The third-order valence-corrected chi connectivity index (χ3v) is 4.44. The molecule has 1 aliphatic carbocycles. The summed E-state index contributed by atoms with van der Waals surface area (Å²) in [6.45, 7) is 0.181. The molecule has 0 bridgehead atoms. The van der Waals surface area contributed by atoms with Gasteiger partial charge in [-0.05, 0) is 25.0 Å². The monoisotopic (exact) mass is 364 g/mol. The van der Waals surface area contributed by atoms with E-state index in [0.29, 0.717) is 11.7 Å². The van der Waals surface area contributed by atoms with Gasteiger partial charge >= 0.3 is 0 Å². The summed E-state index contributed by atoms with van der Waals surface area (Å²) in [5.74, 6) is 0.852. The smallest absolute Gasteiger partial charge is 0.244 e. The molecule has 3 N–H and O–H groups in total. The summed E-state index contributed by atoms with van der Waals surface area (Å²) in [4.78, 5) is 12.3. The van der Waals surface area contributed by atoms with Crippen LogP contribution in [-0.2, 0) is 9.53 Å². The maximum atomic E-state index is 12.3. The number of halogens is 1. The number of nitrogens with one attached hydrogen (secondary N) is 1. The van der Waals surface area contributed by atoms with E-state index in [2.05, 4.69) is 5.32 Å². The summed E-state index contributed by atoms with van der Waals surface area (Å²) >= 11 is 0. The van der Waals surface area contributed by atoms with Gasteiger partial charge < -0.3 is 15.8 Å². The second-order valence-corrected chi connectivity index (χ2v) is 6.23. The molecule has 1 atom stereocenters. The molecule has 1 aromatic heterocycles. The number of hydrogen-bond acceptors (Lipinski definition) is 4. The van der Waals surface area contributed by atoms with Crippen molar-refractivity contribution >= 4 is 24.1 Å². The lowest BCUT2D eigenvalue weighted by atomic mass is 10.0. The number of amides is 1. The number of carbonyl (C=O) groups excluding carboxylic acids is 1. The minimum atomic E-state index is -0.705. The van der Waals surface area contributed by atoms with E-state index < -0.39 is 6.04 Å². The SMILES string of the molecule is COCC(N)C(=O)Nc1cc(C2CCCC2)nn1-c1ccccc1.Cl. The molecule has 1 heterocycles. The zero-order valence-corrected chi connectivity index (χ0v) is 15.2. The maximum absolute atomic E-state index is 12.3. The average molecular weight is 365 g/mol. The van der Waals surface area contributed by atoms with Crippen molar-refractivity contribution in [3.05, 3.63) is 42.1 Å². The second-order valence-electron chi connectivity index (χ2n) is 6.23. The molecule has 0 radical (unpaired) electrons. The molecule has 0 aliphatic heterocycles. The number of para-hydroxylation sites is 1. The predicted octanol–water partition coefficient (Wildman–Crippen LogP) is 2.86. The quantitative estimate of drug-likeness (QED) is 0.825. The van der Waals surface area contributed by atoms with Crippen LogP contribution in [0.5, 0.6) is 0 Å². The number of carbonyl (C=O) groups is 1. The van der Waals surface area contributed by atoms with Crippen LogP contribution in [0.15, 0.2) is 36.4 Å². The number of anilines is 1. The van der Waals surface area contributed by atoms with Crippen LogP contribution in [0, 0.1) is 0 Å². The normalized spacial score (nSPS) is 15.6. The topological polar surface area (TPSA) is 82.2 Å². The molecule has 1 fully saturated rings. The molecule has 7 heteroatoms. The Balaban J connectivity index is 0.00000225. The standard InChI is InChI=1S/C18H24N4O2.ClH/c1-24-12-15(19)18(23)20-17-11-16(13-7-5-6-8-13)21-22(17)14-9-3-2-4-10-14;/h2-4,9-11,13,15H,5-8,12,19H2,1H3,(H,20,23);1H. The van der Waals surface area contributed by atoms with Crippen molar-refractivity contribution in [3.63, 3.8) is 0 Å². The third kappa shape index (κ3) is 4.60. The van der Waals surface area contributed by atoms with Crippen molar-refractivity contribution in [2.75, 3.05) is 19.0 Å². The largest absolute Gasteiger partial charge is 0.383 e. The van der Waals surface area contributed by atoms with Gasteiger partial charge in [-0.25, -0.2) is 4.68 Å². The maximum Gasteiger partial charge on any atom is 0.244 e. The number of nitrogens with zero attached hydrogens (tertiary/aromatic N) is 2. The lowest BCUT2D eigenvalue weighted by Gasteiger charge is -2.12. The number of rotatable bonds is 6. The Morgan fingerprint density at radius 3 is 2.68 bits per heavy atom. The van der Waals surface area contributed by atoms with Gasteiger partial charge in [0.25, 0.3) is 0 Å².